The van der Waals surface area contributed by atoms with E-state index in [0.29, 0.717) is 5.52 Å². The number of nitrogens with zero attached hydrogens (tertiary/aromatic N) is 1. The molecule has 3 nitrogen and oxygen atoms in total. The van der Waals surface area contributed by atoms with E-state index >= 15 is 0 Å². The summed E-state index contributed by atoms with van der Waals surface area (Å²) >= 11 is 0. The van der Waals surface area contributed by atoms with E-state index in [-0.39, 0.29) is 5.56 Å². The standard InChI is InChI=1S/C11H12N2O/c1-3-8-6-12-11(14)10-9(8)5-4-7(2)13-10/h4-6H,3H2,1-2H3,(H,12,14). The molecule has 3 heteroatoms. The van der Waals surface area contributed by atoms with Crippen LogP contribution in [0.15, 0.2) is 23.1 Å². The second-order valence-corrected chi connectivity index (χ2v) is 3.35. The Labute approximate surface area is 81.8 Å². The largest absolute Gasteiger partial charge is 0.327 e. The van der Waals surface area contributed by atoms with Gasteiger partial charge in [-0.3, -0.25) is 4.79 Å². The van der Waals surface area contributed by atoms with Crippen LogP contribution in [0, 0.1) is 6.92 Å². The number of aromatic amines is 1. The molecular formula is C11H12N2O. The number of nitrogens with one attached hydrogen (secondary N) is 1. The topological polar surface area (TPSA) is 45.8 Å². The van der Waals surface area contributed by atoms with Gasteiger partial charge in [0.2, 0.25) is 0 Å². The molecule has 0 aliphatic heterocycles. The Morgan fingerprint density at radius 2 is 2.21 bits per heavy atom. The first-order chi connectivity index (χ1) is 6.72. The van der Waals surface area contributed by atoms with Crippen LogP contribution in [-0.4, -0.2) is 9.97 Å². The van der Waals surface area contributed by atoms with E-state index in [4.69, 9.17) is 0 Å². The number of aryl methyl sites for hydroxylation is 2. The van der Waals surface area contributed by atoms with Crippen molar-refractivity contribution in [3.8, 4) is 0 Å². The van der Waals surface area contributed by atoms with Gasteiger partial charge in [-0.15, -0.1) is 0 Å². The van der Waals surface area contributed by atoms with Crippen molar-refractivity contribution < 1.29 is 0 Å². The van der Waals surface area contributed by atoms with E-state index in [2.05, 4.69) is 16.9 Å². The Hall–Kier alpha value is -1.64. The molecule has 14 heavy (non-hydrogen) atoms. The average molecular weight is 188 g/mol. The van der Waals surface area contributed by atoms with Crippen LogP contribution in [0.4, 0.5) is 0 Å². The lowest BCUT2D eigenvalue weighted by atomic mass is 10.1. The Balaban J connectivity index is 2.91. The van der Waals surface area contributed by atoms with Crippen molar-refractivity contribution in [3.05, 3.63) is 39.9 Å². The SMILES string of the molecule is CCc1c[nH]c(=O)c2nc(C)ccc12. The molecule has 0 amide bonds. The molecule has 0 unspecified atom stereocenters. The Bertz CT molecular complexity index is 528. The molecule has 0 spiro atoms. The van der Waals surface area contributed by atoms with Crippen molar-refractivity contribution in [2.24, 2.45) is 0 Å². The van der Waals surface area contributed by atoms with Crippen molar-refractivity contribution in [2.45, 2.75) is 20.3 Å². The van der Waals surface area contributed by atoms with Crippen LogP contribution in [-0.2, 0) is 6.42 Å². The van der Waals surface area contributed by atoms with Crippen molar-refractivity contribution in [2.75, 3.05) is 0 Å². The molecule has 0 saturated carbocycles. The zero-order valence-corrected chi connectivity index (χ0v) is 8.29. The Morgan fingerprint density at radius 1 is 1.43 bits per heavy atom. The summed E-state index contributed by atoms with van der Waals surface area (Å²) in [5.41, 5.74) is 2.44. The van der Waals surface area contributed by atoms with Gasteiger partial charge in [-0.05, 0) is 25.0 Å². The third kappa shape index (κ3) is 1.31. The molecule has 0 aromatic carbocycles. The van der Waals surface area contributed by atoms with Crippen LogP contribution in [0.5, 0.6) is 0 Å². The van der Waals surface area contributed by atoms with Gasteiger partial charge >= 0.3 is 0 Å². The molecule has 0 bridgehead atoms. The van der Waals surface area contributed by atoms with Gasteiger partial charge in [0.05, 0.1) is 0 Å². The summed E-state index contributed by atoms with van der Waals surface area (Å²) in [7, 11) is 0. The monoisotopic (exact) mass is 188 g/mol. The van der Waals surface area contributed by atoms with Crippen LogP contribution in [0.1, 0.15) is 18.2 Å². The van der Waals surface area contributed by atoms with Gasteiger partial charge in [-0.2, -0.15) is 0 Å². The smallest absolute Gasteiger partial charge is 0.274 e. The van der Waals surface area contributed by atoms with Crippen LogP contribution < -0.4 is 5.56 Å². The fourth-order valence-corrected chi connectivity index (χ4v) is 1.58. The van der Waals surface area contributed by atoms with Gasteiger partial charge in [0.1, 0.15) is 5.52 Å². The lowest BCUT2D eigenvalue weighted by Crippen LogP contribution is -2.09. The van der Waals surface area contributed by atoms with Crippen LogP contribution in [0.25, 0.3) is 10.9 Å². The average Bonchev–Trinajstić information content (AvgIpc) is 2.19. The number of hydrogen-bond donors (Lipinski definition) is 1. The van der Waals surface area contributed by atoms with E-state index in [1.165, 1.54) is 0 Å². The molecule has 0 aliphatic carbocycles. The third-order valence-corrected chi connectivity index (χ3v) is 2.35. The first kappa shape index (κ1) is 8.94. The minimum absolute atomic E-state index is 0.110. The maximum Gasteiger partial charge on any atom is 0.274 e. The molecule has 0 radical (unpaired) electrons. The summed E-state index contributed by atoms with van der Waals surface area (Å²) in [6.45, 7) is 3.95. The van der Waals surface area contributed by atoms with Gasteiger partial charge in [-0.25, -0.2) is 4.98 Å². The van der Waals surface area contributed by atoms with Gasteiger partial charge in [0, 0.05) is 17.3 Å². The first-order valence-electron chi connectivity index (χ1n) is 4.70. The maximum absolute atomic E-state index is 11.5. The van der Waals surface area contributed by atoms with E-state index in [0.717, 1.165) is 23.1 Å². The summed E-state index contributed by atoms with van der Waals surface area (Å²) < 4.78 is 0. The molecule has 2 heterocycles. The van der Waals surface area contributed by atoms with E-state index in [1.807, 2.05) is 19.1 Å². The zero-order valence-electron chi connectivity index (χ0n) is 8.29. The summed E-state index contributed by atoms with van der Waals surface area (Å²) in [6.07, 6.45) is 2.67. The van der Waals surface area contributed by atoms with E-state index in [9.17, 15) is 4.79 Å². The number of hydrogen-bond acceptors (Lipinski definition) is 2. The molecule has 72 valence electrons. The predicted octanol–water partition coefficient (Wildman–Crippen LogP) is 1.79. The summed E-state index contributed by atoms with van der Waals surface area (Å²) in [6, 6.07) is 3.90. The first-order valence-corrected chi connectivity index (χ1v) is 4.70. The van der Waals surface area contributed by atoms with E-state index in [1.54, 1.807) is 6.20 Å². The van der Waals surface area contributed by atoms with Crippen molar-refractivity contribution in [1.29, 1.82) is 0 Å². The zero-order chi connectivity index (χ0) is 10.1. The molecular weight excluding hydrogens is 176 g/mol. The Kier molecular flexibility index (Phi) is 2.08. The quantitative estimate of drug-likeness (QED) is 0.741. The van der Waals surface area contributed by atoms with Gasteiger partial charge in [-0.1, -0.05) is 13.0 Å². The molecule has 0 saturated heterocycles. The summed E-state index contributed by atoms with van der Waals surface area (Å²) in [5.74, 6) is 0. The lowest BCUT2D eigenvalue weighted by molar-refractivity contribution is 1.10. The van der Waals surface area contributed by atoms with Crippen LogP contribution in [0.2, 0.25) is 0 Å². The number of H-pyrrole nitrogens is 1. The van der Waals surface area contributed by atoms with Crippen molar-refractivity contribution in [3.63, 3.8) is 0 Å². The maximum atomic E-state index is 11.5. The highest BCUT2D eigenvalue weighted by molar-refractivity contribution is 5.81. The van der Waals surface area contributed by atoms with Crippen LogP contribution in [0.3, 0.4) is 0 Å². The predicted molar refractivity (Wildman–Crippen MR) is 56.5 cm³/mol. The van der Waals surface area contributed by atoms with E-state index < -0.39 is 0 Å². The number of pyridine rings is 2. The minimum Gasteiger partial charge on any atom is -0.327 e. The van der Waals surface area contributed by atoms with Gasteiger partial charge < -0.3 is 4.98 Å². The van der Waals surface area contributed by atoms with Crippen molar-refractivity contribution in [1.82, 2.24) is 9.97 Å². The van der Waals surface area contributed by atoms with Crippen LogP contribution >= 0.6 is 0 Å². The third-order valence-electron chi connectivity index (χ3n) is 2.35. The molecule has 2 rings (SSSR count). The molecule has 1 N–H and O–H groups in total. The molecule has 2 aromatic heterocycles. The highest BCUT2D eigenvalue weighted by atomic mass is 16.1. The summed E-state index contributed by atoms with van der Waals surface area (Å²) in [4.78, 5) is 18.4. The molecule has 0 aliphatic rings. The normalized spacial score (nSPS) is 10.7. The highest BCUT2D eigenvalue weighted by Gasteiger charge is 2.04. The number of aromatic nitrogens is 2. The fraction of sp³-hybridized carbons (Fsp3) is 0.273. The van der Waals surface area contributed by atoms with Crippen molar-refractivity contribution >= 4 is 10.9 Å². The highest BCUT2D eigenvalue weighted by Crippen LogP contribution is 2.13. The van der Waals surface area contributed by atoms with Gasteiger partial charge in [0.25, 0.3) is 5.56 Å². The lowest BCUT2D eigenvalue weighted by Gasteiger charge is -2.02. The second-order valence-electron chi connectivity index (χ2n) is 3.35. The fourth-order valence-electron chi connectivity index (χ4n) is 1.58. The molecule has 2 aromatic rings. The minimum atomic E-state index is -0.110. The molecule has 0 atom stereocenters. The molecule has 0 fully saturated rings. The van der Waals surface area contributed by atoms with Gasteiger partial charge in [0.15, 0.2) is 0 Å². The number of rotatable bonds is 1. The Morgan fingerprint density at radius 3 is 2.93 bits per heavy atom. The number of fused-ring (bicyclic) bond motifs is 1. The summed E-state index contributed by atoms with van der Waals surface area (Å²) in [5, 5.41) is 0.960. The second kappa shape index (κ2) is 3.25.